The number of thiophene rings is 1. The second kappa shape index (κ2) is 7.75. The first-order valence-corrected chi connectivity index (χ1v) is 11.2. The summed E-state index contributed by atoms with van der Waals surface area (Å²) in [5.41, 5.74) is 2.75. The summed E-state index contributed by atoms with van der Waals surface area (Å²) in [5.74, 6) is 1.68. The van der Waals surface area contributed by atoms with Gasteiger partial charge in [-0.1, -0.05) is 25.5 Å². The molecule has 1 aliphatic carbocycles. The van der Waals surface area contributed by atoms with Crippen molar-refractivity contribution in [1.29, 1.82) is 0 Å². The first-order valence-electron chi connectivity index (χ1n) is 10.4. The van der Waals surface area contributed by atoms with Gasteiger partial charge in [0.05, 0.1) is 12.1 Å². The normalized spacial score (nSPS) is 22.3. The maximum absolute atomic E-state index is 12.8. The Hall–Kier alpha value is -2.07. The predicted octanol–water partition coefficient (Wildman–Crippen LogP) is 6.01. The molecule has 2 aliphatic rings. The standard InChI is InChI=1S/C24H29NO2S/c1-4-5-14-27-19-10-8-18(9-11-19)24(3)15-20(16(2)23(26)25-24)22-13-12-21(28-22)17-6-7-17/h8-13,17H,4-7,14-15H2,1-3H3,(H,25,26)/t24-/m0/s1. The van der Waals surface area contributed by atoms with Crippen LogP contribution in [0.1, 0.15) is 74.1 Å². The Bertz CT molecular complexity index is 892. The van der Waals surface area contributed by atoms with Crippen molar-refractivity contribution in [1.82, 2.24) is 5.32 Å². The van der Waals surface area contributed by atoms with E-state index in [9.17, 15) is 4.79 Å². The topological polar surface area (TPSA) is 38.3 Å². The Labute approximate surface area is 171 Å². The lowest BCUT2D eigenvalue weighted by Crippen LogP contribution is -2.47. The number of hydrogen-bond donors (Lipinski definition) is 1. The molecule has 3 nitrogen and oxygen atoms in total. The maximum Gasteiger partial charge on any atom is 0.247 e. The third kappa shape index (κ3) is 3.88. The highest BCUT2D eigenvalue weighted by Crippen LogP contribution is 2.46. The van der Waals surface area contributed by atoms with Crippen LogP contribution in [0.4, 0.5) is 0 Å². The largest absolute Gasteiger partial charge is 0.494 e. The first-order chi connectivity index (χ1) is 13.5. The van der Waals surface area contributed by atoms with Gasteiger partial charge >= 0.3 is 0 Å². The van der Waals surface area contributed by atoms with E-state index in [0.717, 1.165) is 48.7 Å². The lowest BCUT2D eigenvalue weighted by atomic mass is 9.80. The van der Waals surface area contributed by atoms with Crippen molar-refractivity contribution in [2.45, 2.75) is 64.3 Å². The first kappa shape index (κ1) is 19.3. The van der Waals surface area contributed by atoms with Crippen molar-refractivity contribution in [3.63, 3.8) is 0 Å². The second-order valence-electron chi connectivity index (χ2n) is 8.27. The number of hydrogen-bond acceptors (Lipinski definition) is 3. The van der Waals surface area contributed by atoms with Gasteiger partial charge < -0.3 is 10.1 Å². The predicted molar refractivity (Wildman–Crippen MR) is 116 cm³/mol. The molecule has 0 bridgehead atoms. The van der Waals surface area contributed by atoms with Crippen LogP contribution in [0, 0.1) is 0 Å². The number of ether oxygens (including phenoxy) is 1. The van der Waals surface area contributed by atoms with E-state index in [1.165, 1.54) is 28.2 Å². The Morgan fingerprint density at radius 2 is 1.93 bits per heavy atom. The Kier molecular flexibility index (Phi) is 5.33. The molecule has 0 spiro atoms. The minimum atomic E-state index is -0.405. The smallest absolute Gasteiger partial charge is 0.247 e. The molecule has 1 amide bonds. The summed E-state index contributed by atoms with van der Waals surface area (Å²) in [5, 5.41) is 3.24. The van der Waals surface area contributed by atoms with E-state index in [1.807, 2.05) is 30.4 Å². The van der Waals surface area contributed by atoms with Crippen LogP contribution in [0.25, 0.3) is 5.57 Å². The van der Waals surface area contributed by atoms with Gasteiger partial charge in [0.25, 0.3) is 0 Å². The maximum atomic E-state index is 12.8. The minimum absolute atomic E-state index is 0.0356. The van der Waals surface area contributed by atoms with E-state index in [1.54, 1.807) is 0 Å². The van der Waals surface area contributed by atoms with E-state index in [-0.39, 0.29) is 5.91 Å². The van der Waals surface area contributed by atoms with Crippen molar-refractivity contribution >= 4 is 22.8 Å². The summed E-state index contributed by atoms with van der Waals surface area (Å²) in [6, 6.07) is 12.7. The van der Waals surface area contributed by atoms with Crippen molar-refractivity contribution in [3.05, 3.63) is 57.3 Å². The van der Waals surface area contributed by atoms with Crippen LogP contribution in [-0.2, 0) is 10.3 Å². The fourth-order valence-corrected chi connectivity index (χ4v) is 5.09. The summed E-state index contributed by atoms with van der Waals surface area (Å²) in [7, 11) is 0. The Balaban J connectivity index is 1.56. The number of nitrogens with one attached hydrogen (secondary N) is 1. The average Bonchev–Trinajstić information content (AvgIpc) is 3.43. The van der Waals surface area contributed by atoms with Gasteiger partial charge in [0, 0.05) is 21.7 Å². The summed E-state index contributed by atoms with van der Waals surface area (Å²) >= 11 is 1.87. The molecular weight excluding hydrogens is 366 g/mol. The van der Waals surface area contributed by atoms with E-state index in [2.05, 4.69) is 43.4 Å². The number of rotatable bonds is 7. The van der Waals surface area contributed by atoms with E-state index >= 15 is 0 Å². The van der Waals surface area contributed by atoms with Gasteiger partial charge in [-0.15, -0.1) is 11.3 Å². The summed E-state index contributed by atoms with van der Waals surface area (Å²) < 4.78 is 5.79. The highest BCUT2D eigenvalue weighted by atomic mass is 32.1. The van der Waals surface area contributed by atoms with E-state index in [4.69, 9.17) is 4.74 Å². The molecule has 1 aromatic heterocycles. The van der Waals surface area contributed by atoms with E-state index < -0.39 is 5.54 Å². The highest BCUT2D eigenvalue weighted by Gasteiger charge is 2.37. The molecule has 1 N–H and O–H groups in total. The molecule has 1 saturated carbocycles. The summed E-state index contributed by atoms with van der Waals surface area (Å²) in [6.45, 7) is 6.98. The average molecular weight is 396 g/mol. The fraction of sp³-hybridized carbons (Fsp3) is 0.458. The fourth-order valence-electron chi connectivity index (χ4n) is 3.81. The number of carbonyl (C=O) groups excluding carboxylic acids is 1. The molecule has 148 valence electrons. The van der Waals surface area contributed by atoms with Crippen LogP contribution in [-0.4, -0.2) is 12.5 Å². The molecule has 28 heavy (non-hydrogen) atoms. The van der Waals surface area contributed by atoms with Crippen LogP contribution < -0.4 is 10.1 Å². The van der Waals surface area contributed by atoms with Crippen LogP contribution >= 0.6 is 11.3 Å². The molecule has 2 heterocycles. The van der Waals surface area contributed by atoms with Crippen molar-refractivity contribution in [2.24, 2.45) is 0 Å². The molecule has 0 saturated heterocycles. The van der Waals surface area contributed by atoms with Crippen molar-refractivity contribution < 1.29 is 9.53 Å². The third-order valence-electron chi connectivity index (χ3n) is 5.88. The van der Waals surface area contributed by atoms with Crippen LogP contribution in [0.2, 0.25) is 0 Å². The second-order valence-corrected chi connectivity index (χ2v) is 9.38. The lowest BCUT2D eigenvalue weighted by molar-refractivity contribution is -0.119. The zero-order chi connectivity index (χ0) is 19.7. The van der Waals surface area contributed by atoms with Gasteiger partial charge in [0.15, 0.2) is 0 Å². The zero-order valence-corrected chi connectivity index (χ0v) is 17.8. The molecule has 0 unspecified atom stereocenters. The summed E-state index contributed by atoms with van der Waals surface area (Å²) in [6.07, 6.45) is 5.62. The van der Waals surface area contributed by atoms with Crippen LogP contribution in [0.3, 0.4) is 0 Å². The molecule has 0 radical (unpaired) electrons. The van der Waals surface area contributed by atoms with Gasteiger partial charge in [0.2, 0.25) is 5.91 Å². The molecule has 1 aromatic carbocycles. The monoisotopic (exact) mass is 395 g/mol. The molecule has 4 rings (SSSR count). The van der Waals surface area contributed by atoms with Gasteiger partial charge in [-0.3, -0.25) is 4.79 Å². The molecule has 1 fully saturated rings. The summed E-state index contributed by atoms with van der Waals surface area (Å²) in [4.78, 5) is 15.5. The van der Waals surface area contributed by atoms with E-state index in [0.29, 0.717) is 0 Å². The minimum Gasteiger partial charge on any atom is -0.494 e. The SMILES string of the molecule is CCCCOc1ccc([C@]2(C)CC(c3ccc(C4CC4)s3)=C(C)C(=O)N2)cc1. The quantitative estimate of drug-likeness (QED) is 0.583. The number of benzene rings is 1. The Morgan fingerprint density at radius 3 is 2.61 bits per heavy atom. The van der Waals surface area contributed by atoms with Gasteiger partial charge in [-0.2, -0.15) is 0 Å². The van der Waals surface area contributed by atoms with Crippen molar-refractivity contribution in [2.75, 3.05) is 6.61 Å². The van der Waals surface area contributed by atoms with Gasteiger partial charge in [0.1, 0.15) is 5.75 Å². The third-order valence-corrected chi connectivity index (χ3v) is 7.18. The van der Waals surface area contributed by atoms with Crippen LogP contribution in [0.15, 0.2) is 42.0 Å². The Morgan fingerprint density at radius 1 is 1.18 bits per heavy atom. The molecule has 2 aromatic rings. The lowest BCUT2D eigenvalue weighted by Gasteiger charge is -2.37. The zero-order valence-electron chi connectivity index (χ0n) is 17.0. The molecule has 4 heteroatoms. The number of carbonyl (C=O) groups is 1. The number of unbranched alkanes of at least 4 members (excludes halogenated alkanes) is 1. The van der Waals surface area contributed by atoms with Gasteiger partial charge in [-0.25, -0.2) is 0 Å². The number of amides is 1. The molecule has 1 aliphatic heterocycles. The van der Waals surface area contributed by atoms with Crippen molar-refractivity contribution in [3.8, 4) is 5.75 Å². The molecular formula is C24H29NO2S. The van der Waals surface area contributed by atoms with Gasteiger partial charge in [-0.05, 0) is 74.4 Å². The molecule has 1 atom stereocenters. The van der Waals surface area contributed by atoms with Crippen LogP contribution in [0.5, 0.6) is 5.75 Å². The highest BCUT2D eigenvalue weighted by molar-refractivity contribution is 7.13.